The summed E-state index contributed by atoms with van der Waals surface area (Å²) in [5.74, 6) is 0. The van der Waals surface area contributed by atoms with Gasteiger partial charge in [-0.2, -0.15) is 0 Å². The summed E-state index contributed by atoms with van der Waals surface area (Å²) in [4.78, 5) is 14.3. The zero-order valence-corrected chi connectivity index (χ0v) is 14.0. The molecule has 1 aromatic carbocycles. The molecular formula is C15H23N3O3S. The van der Waals surface area contributed by atoms with Gasteiger partial charge in [0.05, 0.1) is 6.26 Å². The summed E-state index contributed by atoms with van der Waals surface area (Å²) in [5.41, 5.74) is 1.12. The van der Waals surface area contributed by atoms with Crippen molar-refractivity contribution in [1.29, 1.82) is 0 Å². The smallest absolute Gasteiger partial charge is 0.319 e. The molecule has 0 bridgehead atoms. The Bertz CT molecular complexity index is 618. The highest BCUT2D eigenvalue weighted by Gasteiger charge is 2.28. The molecule has 7 heteroatoms. The first-order valence-corrected chi connectivity index (χ1v) is 9.32. The molecule has 1 aliphatic rings. The monoisotopic (exact) mass is 325 g/mol. The molecule has 1 saturated heterocycles. The van der Waals surface area contributed by atoms with E-state index in [1.165, 1.54) is 0 Å². The lowest BCUT2D eigenvalue weighted by Gasteiger charge is -2.38. The minimum absolute atomic E-state index is 0.108. The second-order valence-corrected chi connectivity index (χ2v) is 7.67. The van der Waals surface area contributed by atoms with Gasteiger partial charge in [-0.05, 0) is 57.4 Å². The third-order valence-electron chi connectivity index (χ3n) is 3.87. The van der Waals surface area contributed by atoms with Crippen LogP contribution in [0.25, 0.3) is 0 Å². The summed E-state index contributed by atoms with van der Waals surface area (Å²) in [6.07, 6.45) is 4.30. The third kappa shape index (κ3) is 4.37. The first-order chi connectivity index (χ1) is 10.3. The molecule has 1 fully saturated rings. The standard InChI is InChI=1S/C15H23N3O3S/c1-11-5-4-6-12(2)18(11)15(19)16-13-7-9-14(10-8-13)17-22(3,20)21/h7-12,17H,4-6H2,1-3H3,(H,16,19). The average molecular weight is 325 g/mol. The zero-order chi connectivity index (χ0) is 16.3. The van der Waals surface area contributed by atoms with Gasteiger partial charge >= 0.3 is 6.03 Å². The number of sulfonamides is 1. The fourth-order valence-corrected chi connectivity index (χ4v) is 3.41. The van der Waals surface area contributed by atoms with E-state index in [9.17, 15) is 13.2 Å². The Balaban J connectivity index is 2.02. The average Bonchev–Trinajstić information content (AvgIpc) is 2.39. The zero-order valence-electron chi connectivity index (χ0n) is 13.2. The summed E-state index contributed by atoms with van der Waals surface area (Å²) in [6, 6.07) is 6.97. The van der Waals surface area contributed by atoms with Crippen molar-refractivity contribution in [1.82, 2.24) is 4.90 Å². The number of benzene rings is 1. The van der Waals surface area contributed by atoms with Crippen LogP contribution in [0.15, 0.2) is 24.3 Å². The van der Waals surface area contributed by atoms with Crippen molar-refractivity contribution in [2.75, 3.05) is 16.3 Å². The van der Waals surface area contributed by atoms with E-state index in [0.717, 1.165) is 25.5 Å². The van der Waals surface area contributed by atoms with Crippen LogP contribution in [0.1, 0.15) is 33.1 Å². The summed E-state index contributed by atoms with van der Waals surface area (Å²) in [5, 5.41) is 2.87. The van der Waals surface area contributed by atoms with E-state index in [4.69, 9.17) is 0 Å². The molecule has 1 heterocycles. The Morgan fingerprint density at radius 3 is 2.09 bits per heavy atom. The normalized spacial score (nSPS) is 22.2. The summed E-state index contributed by atoms with van der Waals surface area (Å²) >= 11 is 0. The van der Waals surface area contributed by atoms with Crippen LogP contribution in [-0.4, -0.2) is 37.7 Å². The van der Waals surface area contributed by atoms with Crippen LogP contribution in [0.3, 0.4) is 0 Å². The number of likely N-dealkylation sites (tertiary alicyclic amines) is 1. The summed E-state index contributed by atoms with van der Waals surface area (Å²) < 4.78 is 24.7. The minimum atomic E-state index is -3.29. The van der Waals surface area contributed by atoms with E-state index in [-0.39, 0.29) is 18.1 Å². The lowest BCUT2D eigenvalue weighted by atomic mass is 9.98. The van der Waals surface area contributed by atoms with Crippen LogP contribution in [0, 0.1) is 0 Å². The van der Waals surface area contributed by atoms with Crippen molar-refractivity contribution >= 4 is 27.4 Å². The van der Waals surface area contributed by atoms with Crippen LogP contribution < -0.4 is 10.0 Å². The molecule has 0 aliphatic carbocycles. The van der Waals surface area contributed by atoms with Crippen LogP contribution in [0.5, 0.6) is 0 Å². The van der Waals surface area contributed by atoms with Crippen molar-refractivity contribution in [2.24, 2.45) is 0 Å². The molecule has 0 aromatic heterocycles. The second-order valence-electron chi connectivity index (χ2n) is 5.92. The maximum atomic E-state index is 12.4. The second kappa shape index (κ2) is 6.56. The molecule has 122 valence electrons. The number of nitrogens with one attached hydrogen (secondary N) is 2. The fraction of sp³-hybridized carbons (Fsp3) is 0.533. The molecule has 2 N–H and O–H groups in total. The number of hydrogen-bond acceptors (Lipinski definition) is 3. The van der Waals surface area contributed by atoms with E-state index in [1.54, 1.807) is 24.3 Å². The van der Waals surface area contributed by atoms with Gasteiger partial charge in [0.25, 0.3) is 0 Å². The number of anilines is 2. The number of urea groups is 1. The van der Waals surface area contributed by atoms with E-state index < -0.39 is 10.0 Å². The molecule has 22 heavy (non-hydrogen) atoms. The Labute approximate surface area is 131 Å². The summed E-state index contributed by atoms with van der Waals surface area (Å²) in [6.45, 7) is 4.13. The number of carbonyl (C=O) groups is 1. The maximum Gasteiger partial charge on any atom is 0.322 e. The van der Waals surface area contributed by atoms with E-state index in [2.05, 4.69) is 23.9 Å². The molecule has 2 unspecified atom stereocenters. The van der Waals surface area contributed by atoms with Crippen molar-refractivity contribution in [2.45, 2.75) is 45.2 Å². The number of hydrogen-bond donors (Lipinski definition) is 2. The van der Waals surface area contributed by atoms with Gasteiger partial charge < -0.3 is 10.2 Å². The first-order valence-electron chi connectivity index (χ1n) is 7.43. The molecule has 1 aliphatic heterocycles. The van der Waals surface area contributed by atoms with Crippen LogP contribution in [0.4, 0.5) is 16.2 Å². The van der Waals surface area contributed by atoms with E-state index >= 15 is 0 Å². The molecule has 0 saturated carbocycles. The quantitative estimate of drug-likeness (QED) is 0.897. The van der Waals surface area contributed by atoms with E-state index in [1.807, 2.05) is 4.90 Å². The Kier molecular flexibility index (Phi) is 4.95. The number of amides is 2. The van der Waals surface area contributed by atoms with Crippen molar-refractivity contribution < 1.29 is 13.2 Å². The SMILES string of the molecule is CC1CCCC(C)N1C(=O)Nc1ccc(NS(C)(=O)=O)cc1. The van der Waals surface area contributed by atoms with Gasteiger partial charge in [-0.15, -0.1) is 0 Å². The largest absolute Gasteiger partial charge is 0.322 e. The molecule has 6 nitrogen and oxygen atoms in total. The first kappa shape index (κ1) is 16.6. The molecule has 1 aromatic rings. The molecule has 0 radical (unpaired) electrons. The predicted molar refractivity (Wildman–Crippen MR) is 88.5 cm³/mol. The fourth-order valence-electron chi connectivity index (χ4n) is 2.85. The number of nitrogens with zero attached hydrogens (tertiary/aromatic N) is 1. The highest BCUT2D eigenvalue weighted by atomic mass is 32.2. The highest BCUT2D eigenvalue weighted by Crippen LogP contribution is 2.24. The Morgan fingerprint density at radius 2 is 1.59 bits per heavy atom. The van der Waals surface area contributed by atoms with Crippen LogP contribution >= 0.6 is 0 Å². The van der Waals surface area contributed by atoms with Gasteiger partial charge in [-0.1, -0.05) is 0 Å². The van der Waals surface area contributed by atoms with Gasteiger partial charge in [0.1, 0.15) is 0 Å². The van der Waals surface area contributed by atoms with Gasteiger partial charge in [0, 0.05) is 23.5 Å². The van der Waals surface area contributed by atoms with Crippen molar-refractivity contribution in [3.63, 3.8) is 0 Å². The van der Waals surface area contributed by atoms with Gasteiger partial charge in [-0.25, -0.2) is 13.2 Å². The number of piperidine rings is 1. The minimum Gasteiger partial charge on any atom is -0.319 e. The van der Waals surface area contributed by atoms with Crippen LogP contribution in [-0.2, 0) is 10.0 Å². The van der Waals surface area contributed by atoms with E-state index in [0.29, 0.717) is 11.4 Å². The molecule has 2 amide bonds. The van der Waals surface area contributed by atoms with Crippen molar-refractivity contribution in [3.05, 3.63) is 24.3 Å². The predicted octanol–water partition coefficient (Wildman–Crippen LogP) is 2.85. The van der Waals surface area contributed by atoms with Crippen molar-refractivity contribution in [3.8, 4) is 0 Å². The number of carbonyl (C=O) groups excluding carboxylic acids is 1. The molecule has 0 spiro atoms. The van der Waals surface area contributed by atoms with Gasteiger partial charge in [0.15, 0.2) is 0 Å². The lowest BCUT2D eigenvalue weighted by Crippen LogP contribution is -2.49. The topological polar surface area (TPSA) is 78.5 Å². The number of rotatable bonds is 3. The summed E-state index contributed by atoms with van der Waals surface area (Å²) in [7, 11) is -3.29. The molecule has 2 atom stereocenters. The Morgan fingerprint density at radius 1 is 1.09 bits per heavy atom. The van der Waals surface area contributed by atoms with Gasteiger partial charge in [-0.3, -0.25) is 4.72 Å². The third-order valence-corrected chi connectivity index (χ3v) is 4.47. The Hall–Kier alpha value is -1.76. The molecular weight excluding hydrogens is 302 g/mol. The molecule has 2 rings (SSSR count). The van der Waals surface area contributed by atoms with Crippen LogP contribution in [0.2, 0.25) is 0 Å². The maximum absolute atomic E-state index is 12.4. The highest BCUT2D eigenvalue weighted by molar-refractivity contribution is 7.92. The lowest BCUT2D eigenvalue weighted by molar-refractivity contribution is 0.133. The van der Waals surface area contributed by atoms with Gasteiger partial charge in [0.2, 0.25) is 10.0 Å².